The summed E-state index contributed by atoms with van der Waals surface area (Å²) >= 11 is 0. The molecule has 2 heterocycles. The second kappa shape index (κ2) is 3.12. The first-order valence-electron chi connectivity index (χ1n) is 5.17. The molecule has 2 aliphatic heterocycles. The molecule has 2 rings (SSSR count). The lowest BCUT2D eigenvalue weighted by atomic mass is 9.79. The highest BCUT2D eigenvalue weighted by Crippen LogP contribution is 2.38. The van der Waals surface area contributed by atoms with Crippen molar-refractivity contribution in [3.8, 4) is 0 Å². The number of hydrogen-bond donors (Lipinski definition) is 0. The highest BCUT2D eigenvalue weighted by Gasteiger charge is 2.47. The molecule has 0 aromatic heterocycles. The third-order valence-electron chi connectivity index (χ3n) is 3.30. The summed E-state index contributed by atoms with van der Waals surface area (Å²) in [5.41, 5.74) is 0.431. The van der Waals surface area contributed by atoms with Gasteiger partial charge >= 0.3 is 6.03 Å². The minimum Gasteiger partial charge on any atom is -0.331 e. The molecule has 0 radical (unpaired) electrons. The van der Waals surface area contributed by atoms with Gasteiger partial charge in [-0.15, -0.1) is 0 Å². The smallest absolute Gasteiger partial charge is 0.319 e. The lowest BCUT2D eigenvalue weighted by Gasteiger charge is -2.46. The fraction of sp³-hybridized carbons (Fsp3) is 0.900. The van der Waals surface area contributed by atoms with Crippen LogP contribution in [0.3, 0.4) is 0 Å². The molecule has 0 saturated carbocycles. The number of hydrogen-bond acceptors (Lipinski definition) is 2. The molecule has 2 amide bonds. The van der Waals surface area contributed by atoms with E-state index in [0.29, 0.717) is 5.41 Å². The Hall–Kier alpha value is -0.770. The van der Waals surface area contributed by atoms with Crippen LogP contribution in [0.25, 0.3) is 0 Å². The van der Waals surface area contributed by atoms with Crippen molar-refractivity contribution in [3.63, 3.8) is 0 Å². The van der Waals surface area contributed by atoms with Gasteiger partial charge in [0.2, 0.25) is 0 Å². The second-order valence-corrected chi connectivity index (χ2v) is 5.02. The largest absolute Gasteiger partial charge is 0.331 e. The summed E-state index contributed by atoms with van der Waals surface area (Å²) in [7, 11) is 5.78. The van der Waals surface area contributed by atoms with Crippen molar-refractivity contribution in [3.05, 3.63) is 0 Å². The summed E-state index contributed by atoms with van der Waals surface area (Å²) in [5, 5.41) is 0. The van der Waals surface area contributed by atoms with Gasteiger partial charge in [0.1, 0.15) is 0 Å². The van der Waals surface area contributed by atoms with Crippen LogP contribution in [0.4, 0.5) is 4.79 Å². The van der Waals surface area contributed by atoms with Gasteiger partial charge in [0.25, 0.3) is 0 Å². The third kappa shape index (κ3) is 1.47. The summed E-state index contributed by atoms with van der Waals surface area (Å²) in [6, 6.07) is 0.163. The third-order valence-corrected chi connectivity index (χ3v) is 3.30. The van der Waals surface area contributed by atoms with Crippen molar-refractivity contribution in [1.82, 2.24) is 14.7 Å². The Bertz CT molecular complexity index is 246. The molecule has 14 heavy (non-hydrogen) atoms. The Morgan fingerprint density at radius 1 is 1.29 bits per heavy atom. The maximum atomic E-state index is 11.7. The van der Waals surface area contributed by atoms with Crippen LogP contribution in [-0.2, 0) is 0 Å². The van der Waals surface area contributed by atoms with E-state index in [1.807, 2.05) is 19.0 Å². The molecule has 2 saturated heterocycles. The Morgan fingerprint density at radius 2 is 1.93 bits per heavy atom. The van der Waals surface area contributed by atoms with Gasteiger partial charge in [0.05, 0.1) is 0 Å². The van der Waals surface area contributed by atoms with Crippen molar-refractivity contribution < 1.29 is 4.79 Å². The summed E-state index contributed by atoms with van der Waals surface area (Å²) in [6.07, 6.45) is 1.18. The maximum absolute atomic E-state index is 11.7. The zero-order chi connectivity index (χ0) is 10.3. The number of nitrogens with zero attached hydrogens (tertiary/aromatic N) is 3. The monoisotopic (exact) mass is 197 g/mol. The molecule has 4 heteroatoms. The first kappa shape index (κ1) is 9.77. The van der Waals surface area contributed by atoms with Gasteiger partial charge in [-0.2, -0.15) is 0 Å². The SMILES string of the molecule is CN1CC2(CCN(C(=O)N(C)C)C2)C1. The first-order valence-corrected chi connectivity index (χ1v) is 5.17. The highest BCUT2D eigenvalue weighted by atomic mass is 16.2. The van der Waals surface area contributed by atoms with Gasteiger partial charge in [-0.1, -0.05) is 0 Å². The quantitative estimate of drug-likeness (QED) is 0.558. The van der Waals surface area contributed by atoms with E-state index in [4.69, 9.17) is 0 Å². The zero-order valence-corrected chi connectivity index (χ0v) is 9.29. The Kier molecular flexibility index (Phi) is 2.18. The number of amides is 2. The molecule has 0 aliphatic carbocycles. The molecule has 2 fully saturated rings. The van der Waals surface area contributed by atoms with Crippen molar-refractivity contribution >= 4 is 6.03 Å². The molecule has 0 atom stereocenters. The summed E-state index contributed by atoms with van der Waals surface area (Å²) in [6.45, 7) is 4.20. The van der Waals surface area contributed by atoms with Crippen LogP contribution in [0.5, 0.6) is 0 Å². The lowest BCUT2D eigenvalue weighted by molar-refractivity contribution is 0.0326. The number of carbonyl (C=O) groups excluding carboxylic acids is 1. The zero-order valence-electron chi connectivity index (χ0n) is 9.29. The molecule has 0 aromatic rings. The fourth-order valence-electron chi connectivity index (χ4n) is 2.74. The predicted octanol–water partition coefficient (Wildman–Crippen LogP) is 0.306. The van der Waals surface area contributed by atoms with Gasteiger partial charge in [0.15, 0.2) is 0 Å². The van der Waals surface area contributed by atoms with E-state index in [1.165, 1.54) is 6.42 Å². The topological polar surface area (TPSA) is 26.8 Å². The normalized spacial score (nSPS) is 25.2. The van der Waals surface area contributed by atoms with Crippen molar-refractivity contribution in [1.29, 1.82) is 0 Å². The van der Waals surface area contributed by atoms with Crippen molar-refractivity contribution in [2.75, 3.05) is 47.3 Å². The minimum absolute atomic E-state index is 0.163. The highest BCUT2D eigenvalue weighted by molar-refractivity contribution is 5.74. The van der Waals surface area contributed by atoms with Gasteiger partial charge in [-0.3, -0.25) is 0 Å². The van der Waals surface area contributed by atoms with Crippen LogP contribution in [0.1, 0.15) is 6.42 Å². The van der Waals surface area contributed by atoms with E-state index in [1.54, 1.807) is 4.90 Å². The van der Waals surface area contributed by atoms with Crippen LogP contribution < -0.4 is 0 Å². The van der Waals surface area contributed by atoms with E-state index >= 15 is 0 Å². The molecule has 1 spiro atoms. The number of rotatable bonds is 0. The van der Waals surface area contributed by atoms with Gasteiger partial charge < -0.3 is 14.7 Å². The lowest BCUT2D eigenvalue weighted by Crippen LogP contribution is -2.56. The molecule has 0 bridgehead atoms. The molecule has 80 valence electrons. The molecule has 0 N–H and O–H groups in total. The van der Waals surface area contributed by atoms with E-state index in [0.717, 1.165) is 26.2 Å². The van der Waals surface area contributed by atoms with Gasteiger partial charge in [0, 0.05) is 45.7 Å². The van der Waals surface area contributed by atoms with Crippen LogP contribution in [0.15, 0.2) is 0 Å². The van der Waals surface area contributed by atoms with Crippen LogP contribution >= 0.6 is 0 Å². The summed E-state index contributed by atoms with van der Waals surface area (Å²) < 4.78 is 0. The minimum atomic E-state index is 0.163. The van der Waals surface area contributed by atoms with Gasteiger partial charge in [-0.25, -0.2) is 4.79 Å². The number of urea groups is 1. The van der Waals surface area contributed by atoms with Crippen LogP contribution in [0, 0.1) is 5.41 Å². The molecular formula is C10H19N3O. The standard InChI is InChI=1S/C10H19N3O/c1-11(2)9(14)13-5-4-10(8-13)6-12(3)7-10/h4-8H2,1-3H3. The summed E-state index contributed by atoms with van der Waals surface area (Å²) in [4.78, 5) is 17.7. The molecule has 2 aliphatic rings. The average Bonchev–Trinajstić information content (AvgIpc) is 2.47. The number of likely N-dealkylation sites (tertiary alicyclic amines) is 2. The van der Waals surface area contributed by atoms with Gasteiger partial charge in [-0.05, 0) is 13.5 Å². The van der Waals surface area contributed by atoms with Crippen molar-refractivity contribution in [2.24, 2.45) is 5.41 Å². The van der Waals surface area contributed by atoms with E-state index in [-0.39, 0.29) is 6.03 Å². The molecule has 4 nitrogen and oxygen atoms in total. The van der Waals surface area contributed by atoms with E-state index in [9.17, 15) is 4.79 Å². The Balaban J connectivity index is 1.92. The average molecular weight is 197 g/mol. The molecular weight excluding hydrogens is 178 g/mol. The van der Waals surface area contributed by atoms with Crippen molar-refractivity contribution in [2.45, 2.75) is 6.42 Å². The maximum Gasteiger partial charge on any atom is 0.319 e. The predicted molar refractivity (Wildman–Crippen MR) is 55.2 cm³/mol. The summed E-state index contributed by atoms with van der Waals surface area (Å²) in [5.74, 6) is 0. The van der Waals surface area contributed by atoms with Crippen LogP contribution in [0.2, 0.25) is 0 Å². The second-order valence-electron chi connectivity index (χ2n) is 5.02. The van der Waals surface area contributed by atoms with E-state index in [2.05, 4.69) is 11.9 Å². The fourth-order valence-corrected chi connectivity index (χ4v) is 2.74. The molecule has 0 aromatic carbocycles. The first-order chi connectivity index (χ1) is 6.52. The Morgan fingerprint density at radius 3 is 2.43 bits per heavy atom. The van der Waals surface area contributed by atoms with E-state index < -0.39 is 0 Å². The molecule has 0 unspecified atom stereocenters. The Labute approximate surface area is 85.5 Å². The number of carbonyl (C=O) groups is 1. The van der Waals surface area contributed by atoms with Crippen LogP contribution in [-0.4, -0.2) is 68.1 Å².